The Morgan fingerprint density at radius 1 is 1.29 bits per heavy atom. The van der Waals surface area contributed by atoms with E-state index in [0.717, 1.165) is 0 Å². The molecule has 0 aliphatic rings. The number of nitrogens with two attached hydrogens (primary N) is 1. The second kappa shape index (κ2) is 5.91. The summed E-state index contributed by atoms with van der Waals surface area (Å²) in [5.74, 6) is -1.26. The monoisotopic (exact) mass is 287 g/mol. The number of carbonyl (C=O) groups excluding carboxylic acids is 1. The van der Waals surface area contributed by atoms with Gasteiger partial charge in [0.05, 0.1) is 30.2 Å². The molecule has 1 aromatic carbocycles. The molecule has 0 bridgehead atoms. The third kappa shape index (κ3) is 3.27. The van der Waals surface area contributed by atoms with Gasteiger partial charge in [-0.2, -0.15) is 0 Å². The molecule has 0 spiro atoms. The average Bonchev–Trinajstić information content (AvgIpc) is 2.47. The molecule has 7 heteroatoms. The fourth-order valence-corrected chi connectivity index (χ4v) is 1.67. The van der Waals surface area contributed by atoms with Gasteiger partial charge >= 0.3 is 5.97 Å². The smallest absolute Gasteiger partial charge is 0.337 e. The molecule has 108 valence electrons. The molecule has 0 saturated heterocycles. The summed E-state index contributed by atoms with van der Waals surface area (Å²) in [6.07, 6.45) is 1.35. The second-order valence-corrected chi connectivity index (χ2v) is 4.15. The van der Waals surface area contributed by atoms with Gasteiger partial charge in [0.15, 0.2) is 0 Å². The highest BCUT2D eigenvalue weighted by Crippen LogP contribution is 2.23. The average molecular weight is 287 g/mol. The van der Waals surface area contributed by atoms with Crippen LogP contribution in [0.2, 0.25) is 0 Å². The number of hydrogen-bond donors (Lipinski definition) is 3. The summed E-state index contributed by atoms with van der Waals surface area (Å²) in [6.45, 7) is 0. The number of carboxylic acids is 1. The van der Waals surface area contributed by atoms with E-state index in [1.807, 2.05) is 0 Å². The largest absolute Gasteiger partial charge is 0.497 e. The summed E-state index contributed by atoms with van der Waals surface area (Å²) in [5.41, 5.74) is 6.14. The lowest BCUT2D eigenvalue weighted by Gasteiger charge is -2.10. The third-order valence-corrected chi connectivity index (χ3v) is 2.72. The molecule has 4 N–H and O–H groups in total. The molecule has 0 aliphatic carbocycles. The van der Waals surface area contributed by atoms with Crippen LogP contribution in [0.5, 0.6) is 5.75 Å². The molecule has 2 rings (SSSR count). The fourth-order valence-electron chi connectivity index (χ4n) is 1.67. The first-order valence-corrected chi connectivity index (χ1v) is 5.95. The number of pyridine rings is 1. The van der Waals surface area contributed by atoms with Crippen LogP contribution >= 0.6 is 0 Å². The molecule has 1 heterocycles. The number of benzene rings is 1. The molecule has 0 unspecified atom stereocenters. The van der Waals surface area contributed by atoms with Gasteiger partial charge in [0.2, 0.25) is 0 Å². The van der Waals surface area contributed by atoms with Crippen LogP contribution in [0.25, 0.3) is 0 Å². The molecule has 1 amide bonds. The highest BCUT2D eigenvalue weighted by Gasteiger charge is 2.15. The number of nitrogen functional groups attached to an aromatic ring is 1. The van der Waals surface area contributed by atoms with Crippen molar-refractivity contribution in [2.24, 2.45) is 0 Å². The number of aromatic nitrogens is 1. The molecule has 0 saturated carbocycles. The number of rotatable bonds is 4. The van der Waals surface area contributed by atoms with Gasteiger partial charge in [0, 0.05) is 6.07 Å². The van der Waals surface area contributed by atoms with Gasteiger partial charge in [-0.3, -0.25) is 4.79 Å². The van der Waals surface area contributed by atoms with E-state index >= 15 is 0 Å². The Morgan fingerprint density at radius 2 is 2.05 bits per heavy atom. The summed E-state index contributed by atoms with van der Waals surface area (Å²) in [7, 11) is 1.45. The molecule has 2 aromatic rings. The van der Waals surface area contributed by atoms with Crippen LogP contribution in [0.3, 0.4) is 0 Å². The van der Waals surface area contributed by atoms with Crippen molar-refractivity contribution in [3.05, 3.63) is 47.8 Å². The summed E-state index contributed by atoms with van der Waals surface area (Å²) in [5, 5.41) is 11.6. The zero-order chi connectivity index (χ0) is 15.4. The van der Waals surface area contributed by atoms with Crippen LogP contribution in [0, 0.1) is 0 Å². The van der Waals surface area contributed by atoms with Crippen molar-refractivity contribution < 1.29 is 19.4 Å². The van der Waals surface area contributed by atoms with Gasteiger partial charge in [0.25, 0.3) is 5.91 Å². The lowest BCUT2D eigenvalue weighted by atomic mass is 10.1. The lowest BCUT2D eigenvalue weighted by molar-refractivity contribution is 0.0698. The lowest BCUT2D eigenvalue weighted by Crippen LogP contribution is -2.16. The van der Waals surface area contributed by atoms with Crippen LogP contribution in [0.4, 0.5) is 11.4 Å². The van der Waals surface area contributed by atoms with E-state index in [9.17, 15) is 9.59 Å². The van der Waals surface area contributed by atoms with Crippen molar-refractivity contribution in [3.8, 4) is 5.75 Å². The van der Waals surface area contributed by atoms with Gasteiger partial charge < -0.3 is 20.9 Å². The number of nitrogens with one attached hydrogen (secondary N) is 1. The van der Waals surface area contributed by atoms with Crippen molar-refractivity contribution in [2.75, 3.05) is 18.2 Å². The van der Waals surface area contributed by atoms with Crippen molar-refractivity contribution in [1.29, 1.82) is 0 Å². The van der Waals surface area contributed by atoms with Crippen LogP contribution in [-0.4, -0.2) is 29.1 Å². The van der Waals surface area contributed by atoms with E-state index < -0.39 is 11.9 Å². The molecular weight excluding hydrogens is 274 g/mol. The Balaban J connectivity index is 2.31. The van der Waals surface area contributed by atoms with Crippen LogP contribution < -0.4 is 15.8 Å². The van der Waals surface area contributed by atoms with Crippen LogP contribution in [0.1, 0.15) is 20.8 Å². The standard InChI is InChI=1S/C14H13N3O4/c1-21-9-3-4-10(14(19)20)12(6-9)17-13(18)11-5-2-8(15)7-16-11/h2-7H,15H2,1H3,(H,17,18)(H,19,20). The van der Waals surface area contributed by atoms with Crippen LogP contribution in [-0.2, 0) is 0 Å². The highest BCUT2D eigenvalue weighted by atomic mass is 16.5. The van der Waals surface area contributed by atoms with Crippen molar-refractivity contribution in [2.45, 2.75) is 0 Å². The Hall–Kier alpha value is -3.09. The number of methoxy groups -OCH3 is 1. The zero-order valence-corrected chi connectivity index (χ0v) is 11.2. The van der Waals surface area contributed by atoms with Gasteiger partial charge in [-0.15, -0.1) is 0 Å². The normalized spacial score (nSPS) is 9.95. The first-order valence-electron chi connectivity index (χ1n) is 5.95. The highest BCUT2D eigenvalue weighted by molar-refractivity contribution is 6.07. The molecule has 7 nitrogen and oxygen atoms in total. The third-order valence-electron chi connectivity index (χ3n) is 2.72. The van der Waals surface area contributed by atoms with E-state index in [1.165, 1.54) is 43.6 Å². The maximum atomic E-state index is 12.1. The first kappa shape index (κ1) is 14.3. The first-order chi connectivity index (χ1) is 10.0. The molecule has 0 aliphatic heterocycles. The van der Waals surface area contributed by atoms with Gasteiger partial charge in [-0.25, -0.2) is 9.78 Å². The second-order valence-electron chi connectivity index (χ2n) is 4.15. The van der Waals surface area contributed by atoms with Gasteiger partial charge in [-0.05, 0) is 24.3 Å². The Morgan fingerprint density at radius 3 is 2.62 bits per heavy atom. The number of hydrogen-bond acceptors (Lipinski definition) is 5. The Labute approximate surface area is 120 Å². The molecular formula is C14H13N3O4. The van der Waals surface area contributed by atoms with Gasteiger partial charge in [-0.1, -0.05) is 0 Å². The van der Waals surface area contributed by atoms with Gasteiger partial charge in [0.1, 0.15) is 11.4 Å². The van der Waals surface area contributed by atoms with E-state index in [4.69, 9.17) is 15.6 Å². The van der Waals surface area contributed by atoms with E-state index in [1.54, 1.807) is 0 Å². The topological polar surface area (TPSA) is 115 Å². The molecule has 0 radical (unpaired) electrons. The number of carboxylic acid groups (broad SMARTS) is 1. The Kier molecular flexibility index (Phi) is 4.03. The van der Waals surface area contributed by atoms with E-state index in [2.05, 4.69) is 10.3 Å². The van der Waals surface area contributed by atoms with Crippen molar-refractivity contribution >= 4 is 23.3 Å². The number of anilines is 2. The molecule has 0 fully saturated rings. The molecule has 21 heavy (non-hydrogen) atoms. The summed E-state index contributed by atoms with van der Waals surface area (Å²) in [4.78, 5) is 27.1. The molecule has 0 atom stereocenters. The van der Waals surface area contributed by atoms with E-state index in [-0.39, 0.29) is 16.9 Å². The number of aromatic carboxylic acids is 1. The predicted molar refractivity (Wildman–Crippen MR) is 76.6 cm³/mol. The fraction of sp³-hybridized carbons (Fsp3) is 0.0714. The maximum absolute atomic E-state index is 12.1. The van der Waals surface area contributed by atoms with Crippen molar-refractivity contribution in [3.63, 3.8) is 0 Å². The predicted octanol–water partition coefficient (Wildman–Crippen LogP) is 1.62. The Bertz CT molecular complexity index is 683. The summed E-state index contributed by atoms with van der Waals surface area (Å²) in [6, 6.07) is 7.27. The number of nitrogens with zero attached hydrogens (tertiary/aromatic N) is 1. The molecule has 1 aromatic heterocycles. The zero-order valence-electron chi connectivity index (χ0n) is 11.2. The summed E-state index contributed by atoms with van der Waals surface area (Å²) >= 11 is 0. The quantitative estimate of drug-likeness (QED) is 0.787. The minimum atomic E-state index is -1.15. The summed E-state index contributed by atoms with van der Waals surface area (Å²) < 4.78 is 5.02. The van der Waals surface area contributed by atoms with E-state index in [0.29, 0.717) is 11.4 Å². The minimum absolute atomic E-state index is 0.0420. The number of amides is 1. The number of ether oxygens (including phenoxy) is 1. The maximum Gasteiger partial charge on any atom is 0.337 e. The number of carbonyl (C=O) groups is 2. The van der Waals surface area contributed by atoms with Crippen LogP contribution in [0.15, 0.2) is 36.5 Å². The SMILES string of the molecule is COc1ccc(C(=O)O)c(NC(=O)c2ccc(N)cn2)c1. The van der Waals surface area contributed by atoms with Crippen molar-refractivity contribution in [1.82, 2.24) is 4.98 Å². The minimum Gasteiger partial charge on any atom is -0.497 e.